The molecule has 6 nitrogen and oxygen atoms in total. The molecule has 1 atom stereocenters. The van der Waals surface area contributed by atoms with Gasteiger partial charge in [0.1, 0.15) is 0 Å². The van der Waals surface area contributed by atoms with E-state index in [0.717, 1.165) is 53.4 Å². The zero-order chi connectivity index (χ0) is 18.0. The van der Waals surface area contributed by atoms with Gasteiger partial charge in [-0.05, 0) is 42.9 Å². The van der Waals surface area contributed by atoms with Crippen molar-refractivity contribution < 1.29 is 14.3 Å². The zero-order valence-electron chi connectivity index (χ0n) is 15.3. The first-order valence-corrected chi connectivity index (χ1v) is 9.98. The highest BCUT2D eigenvalue weighted by atomic mass is 16.7. The molecule has 1 spiro atoms. The quantitative estimate of drug-likeness (QED) is 0.887. The molecule has 4 aliphatic rings. The summed E-state index contributed by atoms with van der Waals surface area (Å²) in [6.45, 7) is 1.71. The number of nitrogens with zero attached hydrogens (tertiary/aromatic N) is 2. The van der Waals surface area contributed by atoms with Crippen molar-refractivity contribution in [1.29, 1.82) is 0 Å². The fourth-order valence-corrected chi connectivity index (χ4v) is 5.31. The van der Waals surface area contributed by atoms with E-state index in [-0.39, 0.29) is 12.7 Å². The summed E-state index contributed by atoms with van der Waals surface area (Å²) in [4.78, 5) is 15.2. The van der Waals surface area contributed by atoms with Crippen LogP contribution in [0.25, 0.3) is 11.3 Å². The van der Waals surface area contributed by atoms with Crippen LogP contribution in [0.1, 0.15) is 43.4 Å². The minimum Gasteiger partial charge on any atom is -0.454 e. The number of amides is 1. The van der Waals surface area contributed by atoms with E-state index in [4.69, 9.17) is 9.47 Å². The van der Waals surface area contributed by atoms with Crippen molar-refractivity contribution in [3.05, 3.63) is 29.5 Å². The highest BCUT2D eigenvalue weighted by Gasteiger charge is 2.59. The standard InChI is InChI=1S/C21H23N3O3/c25-20(15-10-21(15)6-1-2-7-21)24-8-5-16-14(11-24)19(23-22-16)13-3-4-17-18(9-13)27-12-26-17/h3-4,9,15H,1-2,5-8,10-12H2,(H,22,23)/t15-/m0/s1. The molecule has 1 aromatic carbocycles. The molecule has 2 aromatic rings. The fraction of sp³-hybridized carbons (Fsp3) is 0.524. The molecule has 1 aromatic heterocycles. The summed E-state index contributed by atoms with van der Waals surface area (Å²) in [5, 5.41) is 7.74. The number of H-pyrrole nitrogens is 1. The molecule has 140 valence electrons. The maximum atomic E-state index is 13.1. The molecule has 27 heavy (non-hydrogen) atoms. The molecule has 2 fully saturated rings. The van der Waals surface area contributed by atoms with Crippen LogP contribution in [0, 0.1) is 11.3 Å². The van der Waals surface area contributed by atoms with Crippen LogP contribution in [0.15, 0.2) is 18.2 Å². The Balaban J connectivity index is 1.27. The molecule has 0 saturated heterocycles. The van der Waals surface area contributed by atoms with Crippen molar-refractivity contribution in [3.8, 4) is 22.8 Å². The summed E-state index contributed by atoms with van der Waals surface area (Å²) in [5.74, 6) is 2.16. The van der Waals surface area contributed by atoms with E-state index in [0.29, 0.717) is 17.9 Å². The highest BCUT2D eigenvalue weighted by molar-refractivity contribution is 5.83. The van der Waals surface area contributed by atoms with Gasteiger partial charge in [0.25, 0.3) is 0 Å². The number of aromatic amines is 1. The molecule has 0 radical (unpaired) electrons. The lowest BCUT2D eigenvalue weighted by Crippen LogP contribution is -2.37. The Morgan fingerprint density at radius 3 is 2.96 bits per heavy atom. The van der Waals surface area contributed by atoms with Crippen LogP contribution in [-0.2, 0) is 17.8 Å². The summed E-state index contributed by atoms with van der Waals surface area (Å²) < 4.78 is 10.9. The number of benzene rings is 1. The van der Waals surface area contributed by atoms with Crippen LogP contribution >= 0.6 is 0 Å². The van der Waals surface area contributed by atoms with Gasteiger partial charge >= 0.3 is 0 Å². The summed E-state index contributed by atoms with van der Waals surface area (Å²) in [6, 6.07) is 5.92. The normalized spacial score (nSPS) is 24.3. The molecule has 0 bridgehead atoms. The summed E-state index contributed by atoms with van der Waals surface area (Å²) in [5.41, 5.74) is 4.58. The second-order valence-electron chi connectivity index (χ2n) is 8.43. The van der Waals surface area contributed by atoms with Crippen LogP contribution in [0.2, 0.25) is 0 Å². The van der Waals surface area contributed by atoms with E-state index >= 15 is 0 Å². The number of carbonyl (C=O) groups excluding carboxylic acids is 1. The lowest BCUT2D eigenvalue weighted by atomic mass is 9.98. The monoisotopic (exact) mass is 365 g/mol. The number of hydrogen-bond donors (Lipinski definition) is 1. The van der Waals surface area contributed by atoms with Crippen molar-refractivity contribution in [2.75, 3.05) is 13.3 Å². The van der Waals surface area contributed by atoms with Crippen LogP contribution in [0.4, 0.5) is 0 Å². The SMILES string of the molecule is O=C([C@@H]1CC12CCCC2)N1CCc2[nH]nc(-c3ccc4c(c3)OCO4)c2C1. The van der Waals surface area contributed by atoms with Crippen LogP contribution in [-0.4, -0.2) is 34.3 Å². The van der Waals surface area contributed by atoms with Crippen molar-refractivity contribution in [2.24, 2.45) is 11.3 Å². The largest absolute Gasteiger partial charge is 0.454 e. The topological polar surface area (TPSA) is 67.5 Å². The second kappa shape index (κ2) is 5.50. The predicted molar refractivity (Wildman–Crippen MR) is 98.3 cm³/mol. The van der Waals surface area contributed by atoms with E-state index in [1.165, 1.54) is 25.7 Å². The Bertz CT molecular complexity index is 929. The van der Waals surface area contributed by atoms with Crippen molar-refractivity contribution >= 4 is 5.91 Å². The second-order valence-corrected chi connectivity index (χ2v) is 8.43. The average molecular weight is 365 g/mol. The fourth-order valence-electron chi connectivity index (χ4n) is 5.31. The van der Waals surface area contributed by atoms with Gasteiger partial charge in [-0.2, -0.15) is 5.10 Å². The van der Waals surface area contributed by atoms with Gasteiger partial charge in [-0.1, -0.05) is 12.8 Å². The third-order valence-corrected chi connectivity index (χ3v) is 6.98. The van der Waals surface area contributed by atoms with Gasteiger partial charge in [0.05, 0.1) is 5.69 Å². The molecule has 6 heteroatoms. The molecule has 6 rings (SSSR count). The first-order chi connectivity index (χ1) is 13.2. The average Bonchev–Trinajstić information content (AvgIpc) is 3.12. The number of carbonyl (C=O) groups is 1. The van der Waals surface area contributed by atoms with Crippen LogP contribution in [0.3, 0.4) is 0 Å². The van der Waals surface area contributed by atoms with E-state index < -0.39 is 0 Å². The smallest absolute Gasteiger partial charge is 0.231 e. The van der Waals surface area contributed by atoms with Crippen LogP contribution in [0.5, 0.6) is 11.5 Å². The van der Waals surface area contributed by atoms with E-state index in [9.17, 15) is 4.79 Å². The Hall–Kier alpha value is -2.50. The Morgan fingerprint density at radius 2 is 2.07 bits per heavy atom. The first-order valence-electron chi connectivity index (χ1n) is 9.98. The molecule has 2 aliphatic carbocycles. The Labute approximate surface area is 157 Å². The predicted octanol–water partition coefficient (Wildman–Crippen LogP) is 3.27. The minimum absolute atomic E-state index is 0.266. The van der Waals surface area contributed by atoms with Crippen molar-refractivity contribution in [2.45, 2.75) is 45.1 Å². The molecule has 2 saturated carbocycles. The van der Waals surface area contributed by atoms with Gasteiger partial charge in [0.15, 0.2) is 11.5 Å². The van der Waals surface area contributed by atoms with Gasteiger partial charge < -0.3 is 14.4 Å². The number of fused-ring (bicyclic) bond motifs is 2. The van der Waals surface area contributed by atoms with Crippen molar-refractivity contribution in [1.82, 2.24) is 15.1 Å². The maximum absolute atomic E-state index is 13.1. The summed E-state index contributed by atoms with van der Waals surface area (Å²) >= 11 is 0. The molecule has 2 aliphatic heterocycles. The van der Waals surface area contributed by atoms with E-state index in [2.05, 4.69) is 15.1 Å². The van der Waals surface area contributed by atoms with Gasteiger partial charge in [0.2, 0.25) is 12.7 Å². The zero-order valence-corrected chi connectivity index (χ0v) is 15.3. The van der Waals surface area contributed by atoms with Crippen molar-refractivity contribution in [3.63, 3.8) is 0 Å². The Morgan fingerprint density at radius 1 is 1.22 bits per heavy atom. The lowest BCUT2D eigenvalue weighted by molar-refractivity contribution is -0.134. The lowest BCUT2D eigenvalue weighted by Gasteiger charge is -2.28. The van der Waals surface area contributed by atoms with E-state index in [1.807, 2.05) is 18.2 Å². The maximum Gasteiger partial charge on any atom is 0.231 e. The number of aromatic nitrogens is 2. The number of ether oxygens (including phenoxy) is 2. The molecule has 1 N–H and O–H groups in total. The Kier molecular flexibility index (Phi) is 3.17. The minimum atomic E-state index is 0.266. The molecule has 1 amide bonds. The third kappa shape index (κ3) is 2.32. The molecular formula is C21H23N3O3. The van der Waals surface area contributed by atoms with Gasteiger partial charge in [-0.15, -0.1) is 0 Å². The molecule has 0 unspecified atom stereocenters. The van der Waals surface area contributed by atoms with Crippen LogP contribution < -0.4 is 9.47 Å². The number of rotatable bonds is 2. The summed E-state index contributed by atoms with van der Waals surface area (Å²) in [7, 11) is 0. The van der Waals surface area contributed by atoms with Gasteiger partial charge in [0, 0.05) is 42.2 Å². The van der Waals surface area contributed by atoms with Gasteiger partial charge in [-0.25, -0.2) is 0 Å². The number of hydrogen-bond acceptors (Lipinski definition) is 4. The molecular weight excluding hydrogens is 342 g/mol. The number of nitrogens with one attached hydrogen (secondary N) is 1. The first kappa shape index (κ1) is 15.5. The van der Waals surface area contributed by atoms with E-state index in [1.54, 1.807) is 0 Å². The third-order valence-electron chi connectivity index (χ3n) is 6.98. The van der Waals surface area contributed by atoms with Gasteiger partial charge in [-0.3, -0.25) is 9.89 Å². The highest BCUT2D eigenvalue weighted by Crippen LogP contribution is 2.63. The summed E-state index contributed by atoms with van der Waals surface area (Å²) in [6.07, 6.45) is 7.04. The molecule has 3 heterocycles.